The molecule has 2 rings (SSSR count). The van der Waals surface area contributed by atoms with Gasteiger partial charge in [-0.25, -0.2) is 13.8 Å². The molecule has 1 heterocycles. The van der Waals surface area contributed by atoms with Gasteiger partial charge in [-0.1, -0.05) is 19.9 Å². The maximum absolute atomic E-state index is 13.7. The summed E-state index contributed by atoms with van der Waals surface area (Å²) in [5, 5.41) is 0. The van der Waals surface area contributed by atoms with Gasteiger partial charge in [0, 0.05) is 18.0 Å². The van der Waals surface area contributed by atoms with Gasteiger partial charge in [-0.05, 0) is 24.5 Å². The Hall–Kier alpha value is -1.75. The molecule has 1 aromatic carbocycles. The molecule has 3 nitrogen and oxygen atoms in total. The monoisotopic (exact) mass is 279 g/mol. The zero-order valence-electron chi connectivity index (χ0n) is 11.7. The van der Waals surface area contributed by atoms with Crippen molar-refractivity contribution in [3.8, 4) is 11.3 Å². The predicted molar refractivity (Wildman–Crippen MR) is 75.2 cm³/mol. The van der Waals surface area contributed by atoms with E-state index in [4.69, 9.17) is 5.73 Å². The number of H-pyrrole nitrogens is 1. The zero-order valence-corrected chi connectivity index (χ0v) is 11.7. The molecule has 1 unspecified atom stereocenters. The number of rotatable bonds is 5. The van der Waals surface area contributed by atoms with Crippen molar-refractivity contribution in [1.29, 1.82) is 0 Å². The maximum Gasteiger partial charge on any atom is 0.168 e. The number of hydrogen-bond donors (Lipinski definition) is 2. The highest BCUT2D eigenvalue weighted by Gasteiger charge is 2.17. The van der Waals surface area contributed by atoms with Crippen molar-refractivity contribution >= 4 is 0 Å². The largest absolute Gasteiger partial charge is 0.342 e. The SMILES string of the molecule is CC(C)CC(CN)c1ncc(-c2cccc(F)c2F)[nH]1. The van der Waals surface area contributed by atoms with Gasteiger partial charge in [0.25, 0.3) is 0 Å². The minimum absolute atomic E-state index is 0.0976. The fourth-order valence-electron chi connectivity index (χ4n) is 2.28. The van der Waals surface area contributed by atoms with Crippen LogP contribution in [0.3, 0.4) is 0 Å². The lowest BCUT2D eigenvalue weighted by molar-refractivity contribution is 0.490. The first-order valence-electron chi connectivity index (χ1n) is 6.72. The standard InChI is InChI=1S/C15H19F2N3/c1-9(2)6-10(7-18)15-19-8-13(20-15)11-4-3-5-12(16)14(11)17/h3-5,8-10H,6-7,18H2,1-2H3,(H,19,20). The van der Waals surface area contributed by atoms with Crippen LogP contribution < -0.4 is 5.73 Å². The van der Waals surface area contributed by atoms with Crippen LogP contribution in [0, 0.1) is 17.6 Å². The first-order valence-corrected chi connectivity index (χ1v) is 6.72. The molecule has 5 heteroatoms. The third-order valence-electron chi connectivity index (χ3n) is 3.26. The van der Waals surface area contributed by atoms with Crippen molar-refractivity contribution in [3.05, 3.63) is 41.9 Å². The van der Waals surface area contributed by atoms with E-state index in [0.717, 1.165) is 18.3 Å². The highest BCUT2D eigenvalue weighted by molar-refractivity contribution is 5.59. The van der Waals surface area contributed by atoms with Crippen LogP contribution in [0.15, 0.2) is 24.4 Å². The van der Waals surface area contributed by atoms with Crippen molar-refractivity contribution < 1.29 is 8.78 Å². The molecule has 0 spiro atoms. The fourth-order valence-corrected chi connectivity index (χ4v) is 2.28. The first kappa shape index (κ1) is 14.7. The Morgan fingerprint density at radius 3 is 2.70 bits per heavy atom. The molecule has 3 N–H and O–H groups in total. The van der Waals surface area contributed by atoms with Gasteiger partial charge in [0.1, 0.15) is 5.82 Å². The van der Waals surface area contributed by atoms with E-state index in [-0.39, 0.29) is 11.5 Å². The van der Waals surface area contributed by atoms with E-state index in [0.29, 0.717) is 18.2 Å². The Kier molecular flexibility index (Phi) is 4.49. The minimum Gasteiger partial charge on any atom is -0.342 e. The maximum atomic E-state index is 13.7. The number of hydrogen-bond acceptors (Lipinski definition) is 2. The molecule has 0 bridgehead atoms. The van der Waals surface area contributed by atoms with Crippen LogP contribution >= 0.6 is 0 Å². The third kappa shape index (κ3) is 3.04. The van der Waals surface area contributed by atoms with E-state index in [1.165, 1.54) is 18.3 Å². The Balaban J connectivity index is 2.30. The Morgan fingerprint density at radius 2 is 2.05 bits per heavy atom. The van der Waals surface area contributed by atoms with Gasteiger partial charge in [-0.3, -0.25) is 0 Å². The van der Waals surface area contributed by atoms with Gasteiger partial charge in [0.2, 0.25) is 0 Å². The number of halogens is 2. The van der Waals surface area contributed by atoms with E-state index in [9.17, 15) is 8.78 Å². The molecule has 1 atom stereocenters. The molecule has 0 aliphatic carbocycles. The summed E-state index contributed by atoms with van der Waals surface area (Å²) in [4.78, 5) is 7.32. The van der Waals surface area contributed by atoms with E-state index < -0.39 is 11.6 Å². The minimum atomic E-state index is -0.865. The average Bonchev–Trinajstić information content (AvgIpc) is 2.88. The van der Waals surface area contributed by atoms with Crippen LogP contribution in [0.25, 0.3) is 11.3 Å². The molecule has 0 saturated carbocycles. The van der Waals surface area contributed by atoms with Crippen LogP contribution in [0.5, 0.6) is 0 Å². The molecule has 0 radical (unpaired) electrons. The van der Waals surface area contributed by atoms with Crippen molar-refractivity contribution in [2.24, 2.45) is 11.7 Å². The van der Waals surface area contributed by atoms with Crippen LogP contribution in [-0.2, 0) is 0 Å². The summed E-state index contributed by atoms with van der Waals surface area (Å²) in [6, 6.07) is 4.09. The molecule has 0 aliphatic rings. The molecule has 0 saturated heterocycles. The average molecular weight is 279 g/mol. The topological polar surface area (TPSA) is 54.7 Å². The number of nitrogens with zero attached hydrogens (tertiary/aromatic N) is 1. The summed E-state index contributed by atoms with van der Waals surface area (Å²) >= 11 is 0. The van der Waals surface area contributed by atoms with Gasteiger partial charge < -0.3 is 10.7 Å². The fraction of sp³-hybridized carbons (Fsp3) is 0.400. The molecular weight excluding hydrogens is 260 g/mol. The van der Waals surface area contributed by atoms with Gasteiger partial charge in [0.15, 0.2) is 11.6 Å². The first-order chi connectivity index (χ1) is 9.52. The molecular formula is C15H19F2N3. The number of aromatic amines is 1. The lowest BCUT2D eigenvalue weighted by atomic mass is 9.97. The van der Waals surface area contributed by atoms with E-state index in [2.05, 4.69) is 23.8 Å². The van der Waals surface area contributed by atoms with Crippen LogP contribution in [-0.4, -0.2) is 16.5 Å². The second-order valence-corrected chi connectivity index (χ2v) is 5.35. The number of imidazole rings is 1. The second-order valence-electron chi connectivity index (χ2n) is 5.35. The molecule has 2 aromatic rings. The van der Waals surface area contributed by atoms with E-state index in [1.807, 2.05) is 0 Å². The summed E-state index contributed by atoms with van der Waals surface area (Å²) in [5.41, 5.74) is 6.42. The third-order valence-corrected chi connectivity index (χ3v) is 3.26. The van der Waals surface area contributed by atoms with Crippen LogP contribution in [0.4, 0.5) is 8.78 Å². The smallest absolute Gasteiger partial charge is 0.168 e. The summed E-state index contributed by atoms with van der Waals surface area (Å²) in [6.45, 7) is 4.69. The highest BCUT2D eigenvalue weighted by atomic mass is 19.2. The van der Waals surface area contributed by atoms with E-state index >= 15 is 0 Å². The molecule has 0 aliphatic heterocycles. The lowest BCUT2D eigenvalue weighted by Crippen LogP contribution is -2.16. The Labute approximate surface area is 117 Å². The van der Waals surface area contributed by atoms with Crippen LogP contribution in [0.2, 0.25) is 0 Å². The van der Waals surface area contributed by atoms with Crippen LogP contribution in [0.1, 0.15) is 32.0 Å². The second kappa shape index (κ2) is 6.13. The van der Waals surface area contributed by atoms with Gasteiger partial charge >= 0.3 is 0 Å². The number of aromatic nitrogens is 2. The highest BCUT2D eigenvalue weighted by Crippen LogP contribution is 2.26. The molecule has 0 fully saturated rings. The number of nitrogens with two attached hydrogens (primary N) is 1. The van der Waals surface area contributed by atoms with Crippen molar-refractivity contribution in [2.75, 3.05) is 6.54 Å². The van der Waals surface area contributed by atoms with Crippen molar-refractivity contribution in [3.63, 3.8) is 0 Å². The predicted octanol–water partition coefficient (Wildman–Crippen LogP) is 3.44. The quantitative estimate of drug-likeness (QED) is 0.880. The van der Waals surface area contributed by atoms with E-state index in [1.54, 1.807) is 0 Å². The summed E-state index contributed by atoms with van der Waals surface area (Å²) in [7, 11) is 0. The van der Waals surface area contributed by atoms with Gasteiger partial charge in [-0.15, -0.1) is 0 Å². The normalized spacial score (nSPS) is 12.9. The summed E-state index contributed by atoms with van der Waals surface area (Å²) in [6.07, 6.45) is 2.42. The zero-order chi connectivity index (χ0) is 14.7. The Bertz CT molecular complexity index is 578. The van der Waals surface area contributed by atoms with Gasteiger partial charge in [-0.2, -0.15) is 0 Å². The van der Waals surface area contributed by atoms with Gasteiger partial charge in [0.05, 0.1) is 11.9 Å². The molecule has 108 valence electrons. The van der Waals surface area contributed by atoms with Crippen molar-refractivity contribution in [1.82, 2.24) is 9.97 Å². The number of nitrogens with one attached hydrogen (secondary N) is 1. The molecule has 20 heavy (non-hydrogen) atoms. The number of benzene rings is 1. The lowest BCUT2D eigenvalue weighted by Gasteiger charge is -2.14. The summed E-state index contributed by atoms with van der Waals surface area (Å²) < 4.78 is 27.0. The Morgan fingerprint density at radius 1 is 1.30 bits per heavy atom. The molecule has 0 amide bonds. The van der Waals surface area contributed by atoms with Crippen molar-refractivity contribution in [2.45, 2.75) is 26.2 Å². The summed E-state index contributed by atoms with van der Waals surface area (Å²) in [5.74, 6) is -0.421. The molecule has 1 aromatic heterocycles.